The second-order valence-corrected chi connectivity index (χ2v) is 4.08. The van der Waals surface area contributed by atoms with Crippen LogP contribution >= 0.6 is 0 Å². The van der Waals surface area contributed by atoms with Gasteiger partial charge in [-0.1, -0.05) is 12.1 Å². The Hall–Kier alpha value is -1.94. The molecule has 0 aliphatic carbocycles. The summed E-state index contributed by atoms with van der Waals surface area (Å²) in [7, 11) is 1.64. The Morgan fingerprint density at radius 1 is 1.05 bits per heavy atom. The highest BCUT2D eigenvalue weighted by molar-refractivity contribution is 5.39. The third-order valence-corrected chi connectivity index (χ3v) is 2.73. The van der Waals surface area contributed by atoms with E-state index < -0.39 is 0 Å². The van der Waals surface area contributed by atoms with Crippen molar-refractivity contribution in [1.82, 2.24) is 5.32 Å². The van der Waals surface area contributed by atoms with Crippen LogP contribution in [0.25, 0.3) is 0 Å². The van der Waals surface area contributed by atoms with Gasteiger partial charge in [0.1, 0.15) is 12.4 Å². The van der Waals surface area contributed by atoms with Crippen molar-refractivity contribution in [3.05, 3.63) is 48.4 Å². The first-order chi connectivity index (χ1) is 9.40. The smallest absolute Gasteiger partial charge is 0.161 e. The maximum absolute atomic E-state index is 5.65. The van der Waals surface area contributed by atoms with Crippen molar-refractivity contribution in [2.45, 2.75) is 6.42 Å². The average Bonchev–Trinajstić information content (AvgIpc) is 2.96. The van der Waals surface area contributed by atoms with E-state index in [9.17, 15) is 0 Å². The molecule has 0 bridgehead atoms. The monoisotopic (exact) mass is 261 g/mol. The molecule has 2 aromatic rings. The third kappa shape index (κ3) is 4.34. The van der Waals surface area contributed by atoms with Crippen LogP contribution in [-0.2, 0) is 6.42 Å². The fourth-order valence-corrected chi connectivity index (χ4v) is 1.76. The van der Waals surface area contributed by atoms with E-state index in [1.54, 1.807) is 13.4 Å². The Bertz CT molecular complexity index is 468. The Morgan fingerprint density at radius 2 is 1.89 bits per heavy atom. The van der Waals surface area contributed by atoms with E-state index in [1.165, 1.54) is 0 Å². The molecule has 1 aromatic heterocycles. The standard InChI is InChI=1S/C15H19NO3/c1-17-14-6-2-3-7-15(14)19-12-10-16-9-8-13-5-4-11-18-13/h2-7,11,16H,8-10,12H2,1H3. The molecule has 0 aliphatic heterocycles. The molecule has 0 atom stereocenters. The molecular weight excluding hydrogens is 242 g/mol. The van der Waals surface area contributed by atoms with Gasteiger partial charge in [0.05, 0.1) is 13.4 Å². The van der Waals surface area contributed by atoms with E-state index in [1.807, 2.05) is 36.4 Å². The van der Waals surface area contributed by atoms with Gasteiger partial charge in [0.2, 0.25) is 0 Å². The Balaban J connectivity index is 1.61. The van der Waals surface area contributed by atoms with E-state index in [2.05, 4.69) is 5.32 Å². The lowest BCUT2D eigenvalue weighted by molar-refractivity contribution is 0.292. The Morgan fingerprint density at radius 3 is 2.63 bits per heavy atom. The summed E-state index contributed by atoms with van der Waals surface area (Å²) in [6, 6.07) is 11.5. The lowest BCUT2D eigenvalue weighted by atomic mass is 10.3. The number of ether oxygens (including phenoxy) is 2. The van der Waals surface area contributed by atoms with Crippen LogP contribution in [0.3, 0.4) is 0 Å². The number of benzene rings is 1. The fraction of sp³-hybridized carbons (Fsp3) is 0.333. The van der Waals surface area contributed by atoms with Gasteiger partial charge in [-0.15, -0.1) is 0 Å². The summed E-state index contributed by atoms with van der Waals surface area (Å²) in [6.45, 7) is 2.28. The molecule has 102 valence electrons. The Kier molecular flexibility index (Phi) is 5.31. The van der Waals surface area contributed by atoms with Gasteiger partial charge < -0.3 is 19.2 Å². The lowest BCUT2D eigenvalue weighted by Crippen LogP contribution is -2.23. The highest BCUT2D eigenvalue weighted by Gasteiger charge is 2.01. The molecule has 1 N–H and O–H groups in total. The molecule has 0 unspecified atom stereocenters. The summed E-state index contributed by atoms with van der Waals surface area (Å²) in [4.78, 5) is 0. The number of methoxy groups -OCH3 is 1. The predicted octanol–water partition coefficient (Wildman–Crippen LogP) is 2.50. The van der Waals surface area contributed by atoms with Crippen molar-refractivity contribution >= 4 is 0 Å². The van der Waals surface area contributed by atoms with E-state index >= 15 is 0 Å². The first kappa shape index (κ1) is 13.5. The molecular formula is C15H19NO3. The van der Waals surface area contributed by atoms with Crippen molar-refractivity contribution in [2.75, 3.05) is 26.8 Å². The van der Waals surface area contributed by atoms with Crippen LogP contribution in [0.5, 0.6) is 11.5 Å². The molecule has 0 saturated carbocycles. The number of nitrogens with one attached hydrogen (secondary N) is 1. The zero-order valence-corrected chi connectivity index (χ0v) is 11.1. The molecule has 19 heavy (non-hydrogen) atoms. The Labute approximate surface area is 113 Å². The van der Waals surface area contributed by atoms with Crippen molar-refractivity contribution in [1.29, 1.82) is 0 Å². The summed E-state index contributed by atoms with van der Waals surface area (Å²) < 4.78 is 16.1. The first-order valence-electron chi connectivity index (χ1n) is 6.39. The quantitative estimate of drug-likeness (QED) is 0.741. The normalized spacial score (nSPS) is 10.4. The average molecular weight is 261 g/mol. The van der Waals surface area contributed by atoms with E-state index in [4.69, 9.17) is 13.9 Å². The third-order valence-electron chi connectivity index (χ3n) is 2.73. The predicted molar refractivity (Wildman–Crippen MR) is 73.8 cm³/mol. The molecule has 0 aliphatic rings. The molecule has 4 heteroatoms. The number of hydrogen-bond acceptors (Lipinski definition) is 4. The molecule has 4 nitrogen and oxygen atoms in total. The number of furan rings is 1. The second kappa shape index (κ2) is 7.48. The van der Waals surface area contributed by atoms with Gasteiger partial charge in [0.15, 0.2) is 11.5 Å². The van der Waals surface area contributed by atoms with Crippen LogP contribution < -0.4 is 14.8 Å². The fourth-order valence-electron chi connectivity index (χ4n) is 1.76. The summed E-state index contributed by atoms with van der Waals surface area (Å²) in [5.41, 5.74) is 0. The van der Waals surface area contributed by atoms with Crippen molar-refractivity contribution in [3.8, 4) is 11.5 Å². The number of para-hydroxylation sites is 2. The van der Waals surface area contributed by atoms with Crippen molar-refractivity contribution in [3.63, 3.8) is 0 Å². The van der Waals surface area contributed by atoms with Gasteiger partial charge in [-0.3, -0.25) is 0 Å². The molecule has 2 rings (SSSR count). The van der Waals surface area contributed by atoms with Gasteiger partial charge in [-0.05, 0) is 24.3 Å². The van der Waals surface area contributed by atoms with E-state index in [0.717, 1.165) is 36.8 Å². The SMILES string of the molecule is COc1ccccc1OCCNCCc1ccco1. The molecule has 1 heterocycles. The maximum Gasteiger partial charge on any atom is 0.161 e. The van der Waals surface area contributed by atoms with Crippen LogP contribution in [-0.4, -0.2) is 26.8 Å². The van der Waals surface area contributed by atoms with Crippen LogP contribution in [0.4, 0.5) is 0 Å². The molecule has 0 saturated heterocycles. The molecule has 0 spiro atoms. The highest BCUT2D eigenvalue weighted by atomic mass is 16.5. The minimum absolute atomic E-state index is 0.610. The van der Waals surface area contributed by atoms with Gasteiger partial charge in [-0.2, -0.15) is 0 Å². The van der Waals surface area contributed by atoms with Crippen LogP contribution in [0.1, 0.15) is 5.76 Å². The maximum atomic E-state index is 5.65. The molecule has 0 radical (unpaired) electrons. The van der Waals surface area contributed by atoms with Gasteiger partial charge >= 0.3 is 0 Å². The zero-order valence-electron chi connectivity index (χ0n) is 11.1. The van der Waals surface area contributed by atoms with Crippen molar-refractivity contribution in [2.24, 2.45) is 0 Å². The lowest BCUT2D eigenvalue weighted by Gasteiger charge is -2.10. The van der Waals surface area contributed by atoms with Gasteiger partial charge in [-0.25, -0.2) is 0 Å². The first-order valence-corrected chi connectivity index (χ1v) is 6.39. The van der Waals surface area contributed by atoms with Crippen molar-refractivity contribution < 1.29 is 13.9 Å². The van der Waals surface area contributed by atoms with Crippen LogP contribution in [0.2, 0.25) is 0 Å². The number of rotatable bonds is 8. The number of hydrogen-bond donors (Lipinski definition) is 1. The largest absolute Gasteiger partial charge is 0.493 e. The van der Waals surface area contributed by atoms with Gasteiger partial charge in [0, 0.05) is 19.5 Å². The molecule has 0 amide bonds. The topological polar surface area (TPSA) is 43.6 Å². The summed E-state index contributed by atoms with van der Waals surface area (Å²) in [5.74, 6) is 2.54. The van der Waals surface area contributed by atoms with Crippen LogP contribution in [0, 0.1) is 0 Å². The van der Waals surface area contributed by atoms with E-state index in [-0.39, 0.29) is 0 Å². The molecule has 0 fully saturated rings. The second-order valence-electron chi connectivity index (χ2n) is 4.08. The molecule has 1 aromatic carbocycles. The highest BCUT2D eigenvalue weighted by Crippen LogP contribution is 2.25. The van der Waals surface area contributed by atoms with E-state index in [0.29, 0.717) is 6.61 Å². The summed E-state index contributed by atoms with van der Waals surface area (Å²) in [5, 5.41) is 3.31. The zero-order chi connectivity index (χ0) is 13.3. The van der Waals surface area contributed by atoms with Crippen LogP contribution in [0.15, 0.2) is 47.1 Å². The van der Waals surface area contributed by atoms with Gasteiger partial charge in [0.25, 0.3) is 0 Å². The summed E-state index contributed by atoms with van der Waals surface area (Å²) in [6.07, 6.45) is 2.59. The minimum atomic E-state index is 0.610. The summed E-state index contributed by atoms with van der Waals surface area (Å²) >= 11 is 0. The minimum Gasteiger partial charge on any atom is -0.493 e.